The van der Waals surface area contributed by atoms with E-state index >= 15 is 0 Å². The number of carbonyl (C=O) groups is 1. The lowest BCUT2D eigenvalue weighted by atomic mass is 10.1. The first-order chi connectivity index (χ1) is 9.52. The predicted octanol–water partition coefficient (Wildman–Crippen LogP) is 3.36. The number of hydrogen-bond acceptors (Lipinski definition) is 4. The minimum Gasteiger partial charge on any atom is -0.478 e. The van der Waals surface area contributed by atoms with E-state index < -0.39 is 5.97 Å². The predicted molar refractivity (Wildman–Crippen MR) is 85.7 cm³/mol. The highest BCUT2D eigenvalue weighted by atomic mass is 32.2. The summed E-state index contributed by atoms with van der Waals surface area (Å²) in [5, 5.41) is 13.3. The number of hydrogen-bond donors (Lipinski definition) is 3. The van der Waals surface area contributed by atoms with Gasteiger partial charge in [-0.3, -0.25) is 0 Å². The number of aryl methyl sites for hydroxylation is 1. The second-order valence-electron chi connectivity index (χ2n) is 5.24. The normalized spacial score (nSPS) is 21.9. The monoisotopic (exact) mass is 294 g/mol. The number of aromatic carboxylic acids is 1. The van der Waals surface area contributed by atoms with Crippen molar-refractivity contribution < 1.29 is 9.90 Å². The number of nitrogens with one attached hydrogen (secondary N) is 1. The summed E-state index contributed by atoms with van der Waals surface area (Å²) >= 11 is 1.98. The summed E-state index contributed by atoms with van der Waals surface area (Å²) in [6.45, 7) is 4.02. The molecule has 4 nitrogen and oxygen atoms in total. The molecule has 1 aromatic rings. The molecule has 0 bridgehead atoms. The van der Waals surface area contributed by atoms with Crippen LogP contribution in [0.3, 0.4) is 0 Å². The van der Waals surface area contributed by atoms with Crippen molar-refractivity contribution in [2.24, 2.45) is 0 Å². The Hall–Kier alpha value is -1.36. The molecule has 0 radical (unpaired) electrons. The van der Waals surface area contributed by atoms with Gasteiger partial charge in [0, 0.05) is 22.7 Å². The maximum absolute atomic E-state index is 11.2. The molecule has 0 amide bonds. The Morgan fingerprint density at radius 2 is 2.25 bits per heavy atom. The molecule has 0 aliphatic heterocycles. The van der Waals surface area contributed by atoms with E-state index in [1.54, 1.807) is 6.07 Å². The van der Waals surface area contributed by atoms with E-state index in [0.29, 0.717) is 17.0 Å². The van der Waals surface area contributed by atoms with Crippen LogP contribution in [0.2, 0.25) is 0 Å². The smallest absolute Gasteiger partial charge is 0.337 e. The van der Waals surface area contributed by atoms with E-state index in [4.69, 9.17) is 5.73 Å². The first kappa shape index (κ1) is 15.0. The third-order valence-electron chi connectivity index (χ3n) is 3.80. The lowest BCUT2D eigenvalue weighted by molar-refractivity contribution is 0.0698. The molecule has 2 unspecified atom stereocenters. The zero-order chi connectivity index (χ0) is 14.7. The second kappa shape index (κ2) is 6.39. The fraction of sp³-hybridized carbons (Fsp3) is 0.533. The van der Waals surface area contributed by atoms with Gasteiger partial charge in [-0.25, -0.2) is 4.79 Å². The van der Waals surface area contributed by atoms with E-state index in [1.165, 1.54) is 12.8 Å². The number of carboxylic acids is 1. The fourth-order valence-electron chi connectivity index (χ4n) is 2.78. The molecule has 5 heteroatoms. The molecule has 4 N–H and O–H groups in total. The highest BCUT2D eigenvalue weighted by Gasteiger charge is 2.27. The van der Waals surface area contributed by atoms with Gasteiger partial charge in [0.25, 0.3) is 0 Å². The van der Waals surface area contributed by atoms with Crippen LogP contribution in [0, 0.1) is 6.92 Å². The quantitative estimate of drug-likeness (QED) is 0.726. The maximum atomic E-state index is 11.2. The minimum atomic E-state index is -0.972. The SMILES string of the molecule is CCSC1CCCC1Nc1cc(C)c(N)c(C(=O)O)c1. The van der Waals surface area contributed by atoms with Gasteiger partial charge in [0.15, 0.2) is 0 Å². The zero-order valence-corrected chi connectivity index (χ0v) is 12.8. The third-order valence-corrected chi connectivity index (χ3v) is 5.13. The molecule has 110 valence electrons. The van der Waals surface area contributed by atoms with E-state index in [2.05, 4.69) is 12.2 Å². The molecule has 1 aromatic carbocycles. The third kappa shape index (κ3) is 3.20. The zero-order valence-electron chi connectivity index (χ0n) is 12.0. The summed E-state index contributed by atoms with van der Waals surface area (Å²) in [6, 6.07) is 4.01. The van der Waals surface area contributed by atoms with Crippen molar-refractivity contribution in [3.8, 4) is 0 Å². The molecule has 0 saturated heterocycles. The van der Waals surface area contributed by atoms with Crippen LogP contribution in [0.25, 0.3) is 0 Å². The number of rotatable bonds is 5. The van der Waals surface area contributed by atoms with Crippen molar-refractivity contribution in [2.45, 2.75) is 44.4 Å². The highest BCUT2D eigenvalue weighted by Crippen LogP contribution is 2.33. The van der Waals surface area contributed by atoms with Crippen molar-refractivity contribution in [3.63, 3.8) is 0 Å². The van der Waals surface area contributed by atoms with Crippen LogP contribution >= 0.6 is 11.8 Å². The average molecular weight is 294 g/mol. The Balaban J connectivity index is 2.19. The van der Waals surface area contributed by atoms with Crippen LogP contribution < -0.4 is 11.1 Å². The van der Waals surface area contributed by atoms with Crippen molar-refractivity contribution in [1.29, 1.82) is 0 Å². The largest absolute Gasteiger partial charge is 0.478 e. The summed E-state index contributed by atoms with van der Waals surface area (Å²) in [7, 11) is 0. The van der Waals surface area contributed by atoms with Gasteiger partial charge in [-0.1, -0.05) is 13.3 Å². The summed E-state index contributed by atoms with van der Waals surface area (Å²) in [4.78, 5) is 11.2. The summed E-state index contributed by atoms with van der Waals surface area (Å²) < 4.78 is 0. The van der Waals surface area contributed by atoms with Crippen LogP contribution in [0.4, 0.5) is 11.4 Å². The average Bonchev–Trinajstić information content (AvgIpc) is 2.81. The molecule has 1 aliphatic rings. The van der Waals surface area contributed by atoms with Crippen molar-refractivity contribution in [3.05, 3.63) is 23.3 Å². The summed E-state index contributed by atoms with van der Waals surface area (Å²) in [6.07, 6.45) is 3.61. The molecule has 0 spiro atoms. The van der Waals surface area contributed by atoms with E-state index in [1.807, 2.05) is 24.8 Å². The van der Waals surface area contributed by atoms with Gasteiger partial charge in [-0.2, -0.15) is 11.8 Å². The van der Waals surface area contributed by atoms with Crippen LogP contribution in [-0.2, 0) is 0 Å². The number of thioether (sulfide) groups is 1. The van der Waals surface area contributed by atoms with E-state index in [0.717, 1.165) is 23.4 Å². The Bertz CT molecular complexity index is 505. The highest BCUT2D eigenvalue weighted by molar-refractivity contribution is 7.99. The number of nitrogen functional groups attached to an aromatic ring is 1. The van der Waals surface area contributed by atoms with Gasteiger partial charge in [0.2, 0.25) is 0 Å². The number of nitrogens with two attached hydrogens (primary N) is 1. The molecule has 2 atom stereocenters. The maximum Gasteiger partial charge on any atom is 0.337 e. The number of benzene rings is 1. The standard InChI is InChI=1S/C15H22N2O2S/c1-3-20-13-6-4-5-12(13)17-10-7-9(2)14(16)11(8-10)15(18)19/h7-8,12-13,17H,3-6,16H2,1-2H3,(H,18,19). The van der Waals surface area contributed by atoms with Crippen LogP contribution in [0.15, 0.2) is 12.1 Å². The van der Waals surface area contributed by atoms with Crippen molar-refractivity contribution >= 4 is 29.1 Å². The summed E-state index contributed by atoms with van der Waals surface area (Å²) in [5.74, 6) is 0.143. The van der Waals surface area contributed by atoms with Gasteiger partial charge in [-0.05, 0) is 43.2 Å². The Morgan fingerprint density at radius 1 is 1.50 bits per heavy atom. The van der Waals surface area contributed by atoms with Gasteiger partial charge < -0.3 is 16.2 Å². The summed E-state index contributed by atoms with van der Waals surface area (Å²) in [5.41, 5.74) is 8.04. The fourth-order valence-corrected chi connectivity index (χ4v) is 3.98. The Morgan fingerprint density at radius 3 is 2.90 bits per heavy atom. The van der Waals surface area contributed by atoms with Gasteiger partial charge in [0.1, 0.15) is 0 Å². The van der Waals surface area contributed by atoms with E-state index in [-0.39, 0.29) is 5.56 Å². The Labute approximate surface area is 124 Å². The van der Waals surface area contributed by atoms with Crippen molar-refractivity contribution in [2.75, 3.05) is 16.8 Å². The molecule has 1 fully saturated rings. The lowest BCUT2D eigenvalue weighted by Gasteiger charge is -2.22. The Kier molecular flexibility index (Phi) is 4.81. The van der Waals surface area contributed by atoms with E-state index in [9.17, 15) is 9.90 Å². The van der Waals surface area contributed by atoms with Gasteiger partial charge in [-0.15, -0.1) is 0 Å². The van der Waals surface area contributed by atoms with Gasteiger partial charge in [0.05, 0.1) is 5.56 Å². The second-order valence-corrected chi connectivity index (χ2v) is 6.75. The molecule has 20 heavy (non-hydrogen) atoms. The van der Waals surface area contributed by atoms with Crippen LogP contribution in [0.1, 0.15) is 42.1 Å². The molecule has 1 saturated carbocycles. The molecule has 0 aromatic heterocycles. The van der Waals surface area contributed by atoms with Crippen LogP contribution in [-0.4, -0.2) is 28.1 Å². The van der Waals surface area contributed by atoms with Crippen molar-refractivity contribution in [1.82, 2.24) is 0 Å². The number of anilines is 2. The molecule has 2 rings (SSSR count). The topological polar surface area (TPSA) is 75.3 Å². The first-order valence-electron chi connectivity index (χ1n) is 7.04. The lowest BCUT2D eigenvalue weighted by Crippen LogP contribution is -2.26. The molecular formula is C15H22N2O2S. The minimum absolute atomic E-state index is 0.185. The van der Waals surface area contributed by atoms with Gasteiger partial charge >= 0.3 is 5.97 Å². The van der Waals surface area contributed by atoms with Crippen LogP contribution in [0.5, 0.6) is 0 Å². The number of carboxylic acid groups (broad SMARTS) is 1. The molecule has 1 aliphatic carbocycles. The molecule has 0 heterocycles. The molecular weight excluding hydrogens is 272 g/mol. The first-order valence-corrected chi connectivity index (χ1v) is 8.09.